The molecule has 0 fully saturated rings. The molecular weight excluding hydrogens is 242 g/mol. The van der Waals surface area contributed by atoms with Crippen LogP contribution in [0.15, 0.2) is 18.2 Å². The Morgan fingerprint density at radius 1 is 1.32 bits per heavy atom. The van der Waals surface area contributed by atoms with E-state index >= 15 is 0 Å². The predicted molar refractivity (Wildman–Crippen MR) is 69.7 cm³/mol. The molecule has 0 radical (unpaired) electrons. The van der Waals surface area contributed by atoms with Gasteiger partial charge in [0.25, 0.3) is 0 Å². The number of aromatic nitrogens is 3. The van der Waals surface area contributed by atoms with E-state index in [1.165, 1.54) is 24.0 Å². The molecule has 5 nitrogen and oxygen atoms in total. The van der Waals surface area contributed by atoms with Crippen molar-refractivity contribution in [2.75, 3.05) is 0 Å². The van der Waals surface area contributed by atoms with E-state index in [-0.39, 0.29) is 5.69 Å². The summed E-state index contributed by atoms with van der Waals surface area (Å²) in [6, 6.07) is 6.13. The molecule has 3 rings (SSSR count). The van der Waals surface area contributed by atoms with Crippen molar-refractivity contribution in [1.82, 2.24) is 15.0 Å². The zero-order valence-electron chi connectivity index (χ0n) is 10.8. The summed E-state index contributed by atoms with van der Waals surface area (Å²) in [5, 5.41) is 16.8. The minimum Gasteiger partial charge on any atom is -0.476 e. The fraction of sp³-hybridized carbons (Fsp3) is 0.357. The van der Waals surface area contributed by atoms with E-state index in [2.05, 4.69) is 16.4 Å². The molecule has 19 heavy (non-hydrogen) atoms. The summed E-state index contributed by atoms with van der Waals surface area (Å²) < 4.78 is 1.65. The molecule has 1 N–H and O–H groups in total. The van der Waals surface area contributed by atoms with E-state index in [1.54, 1.807) is 11.6 Å². The lowest BCUT2D eigenvalue weighted by Crippen LogP contribution is -2.10. The highest BCUT2D eigenvalue weighted by molar-refractivity contribution is 5.86. The quantitative estimate of drug-likeness (QED) is 0.895. The van der Waals surface area contributed by atoms with Gasteiger partial charge in [-0.2, -0.15) is 0 Å². The molecule has 0 atom stereocenters. The highest BCUT2D eigenvalue weighted by Crippen LogP contribution is 2.27. The first-order valence-electron chi connectivity index (χ1n) is 6.45. The van der Waals surface area contributed by atoms with Gasteiger partial charge in [0.15, 0.2) is 5.69 Å². The summed E-state index contributed by atoms with van der Waals surface area (Å²) in [5.74, 6) is -1.03. The molecule has 0 saturated carbocycles. The number of benzene rings is 1. The van der Waals surface area contributed by atoms with Crippen molar-refractivity contribution in [2.24, 2.45) is 0 Å². The average molecular weight is 257 g/mol. The first kappa shape index (κ1) is 11.9. The summed E-state index contributed by atoms with van der Waals surface area (Å²) in [7, 11) is 0. The summed E-state index contributed by atoms with van der Waals surface area (Å²) in [5.41, 5.74) is 4.18. The number of carboxylic acids is 1. The van der Waals surface area contributed by atoms with Crippen LogP contribution in [-0.4, -0.2) is 26.1 Å². The normalized spacial score (nSPS) is 14.2. The lowest BCUT2D eigenvalue weighted by Gasteiger charge is -2.19. The number of carbonyl (C=O) groups is 1. The minimum atomic E-state index is -1.03. The Labute approximate surface area is 110 Å². The molecule has 5 heteroatoms. The van der Waals surface area contributed by atoms with E-state index in [0.29, 0.717) is 5.69 Å². The van der Waals surface area contributed by atoms with E-state index in [0.717, 1.165) is 18.5 Å². The Morgan fingerprint density at radius 2 is 2.11 bits per heavy atom. The Morgan fingerprint density at radius 3 is 2.84 bits per heavy atom. The number of rotatable bonds is 2. The van der Waals surface area contributed by atoms with E-state index < -0.39 is 5.97 Å². The molecule has 0 spiro atoms. The van der Waals surface area contributed by atoms with Gasteiger partial charge >= 0.3 is 5.97 Å². The molecule has 0 aliphatic heterocycles. The van der Waals surface area contributed by atoms with Crippen LogP contribution >= 0.6 is 0 Å². The van der Waals surface area contributed by atoms with Crippen molar-refractivity contribution in [3.05, 3.63) is 40.7 Å². The van der Waals surface area contributed by atoms with Crippen LogP contribution in [0.2, 0.25) is 0 Å². The van der Waals surface area contributed by atoms with Crippen molar-refractivity contribution in [1.29, 1.82) is 0 Å². The van der Waals surface area contributed by atoms with Gasteiger partial charge in [-0.15, -0.1) is 5.10 Å². The predicted octanol–water partition coefficient (Wildman–Crippen LogP) is 2.15. The van der Waals surface area contributed by atoms with Gasteiger partial charge in [-0.3, -0.25) is 0 Å². The highest BCUT2D eigenvalue weighted by Gasteiger charge is 2.20. The van der Waals surface area contributed by atoms with Crippen LogP contribution in [0.4, 0.5) is 0 Å². The van der Waals surface area contributed by atoms with Crippen molar-refractivity contribution >= 4 is 5.97 Å². The third-order valence-electron chi connectivity index (χ3n) is 3.70. The second-order valence-electron chi connectivity index (χ2n) is 4.86. The molecular formula is C14H15N3O2. The van der Waals surface area contributed by atoms with Crippen LogP contribution in [0.3, 0.4) is 0 Å². The van der Waals surface area contributed by atoms with Crippen LogP contribution in [0.5, 0.6) is 0 Å². The Bertz CT molecular complexity index is 646. The van der Waals surface area contributed by atoms with Gasteiger partial charge in [0, 0.05) is 0 Å². The molecule has 1 aliphatic carbocycles. The smallest absolute Gasteiger partial charge is 0.358 e. The topological polar surface area (TPSA) is 68.0 Å². The van der Waals surface area contributed by atoms with Crippen LogP contribution in [0, 0.1) is 6.92 Å². The summed E-state index contributed by atoms with van der Waals surface area (Å²) in [4.78, 5) is 11.0. The molecule has 0 amide bonds. The Kier molecular flexibility index (Phi) is 2.81. The lowest BCUT2D eigenvalue weighted by atomic mass is 9.90. The number of hydrogen-bond donors (Lipinski definition) is 1. The average Bonchev–Trinajstić information content (AvgIpc) is 2.80. The third-order valence-corrected chi connectivity index (χ3v) is 3.70. The van der Waals surface area contributed by atoms with Crippen LogP contribution in [0.25, 0.3) is 5.69 Å². The zero-order valence-corrected chi connectivity index (χ0v) is 10.8. The summed E-state index contributed by atoms with van der Waals surface area (Å²) >= 11 is 0. The van der Waals surface area contributed by atoms with Gasteiger partial charge in [0.2, 0.25) is 0 Å². The molecule has 0 unspecified atom stereocenters. The first-order chi connectivity index (χ1) is 9.18. The molecule has 1 heterocycles. The highest BCUT2D eigenvalue weighted by atomic mass is 16.4. The van der Waals surface area contributed by atoms with Gasteiger partial charge < -0.3 is 5.11 Å². The van der Waals surface area contributed by atoms with Crippen LogP contribution in [0.1, 0.15) is 40.2 Å². The molecule has 1 aromatic heterocycles. The third kappa shape index (κ3) is 1.91. The number of fused-ring (bicyclic) bond motifs is 1. The van der Waals surface area contributed by atoms with E-state index in [4.69, 9.17) is 5.11 Å². The van der Waals surface area contributed by atoms with Crippen molar-refractivity contribution in [3.8, 4) is 5.69 Å². The zero-order chi connectivity index (χ0) is 13.4. The summed E-state index contributed by atoms with van der Waals surface area (Å²) in [6.07, 6.45) is 4.49. The first-order valence-corrected chi connectivity index (χ1v) is 6.45. The SMILES string of the molecule is Cc1c(C(=O)O)nnn1-c1cccc2c1CCCC2. The minimum absolute atomic E-state index is 0.0217. The number of aromatic carboxylic acids is 1. The fourth-order valence-corrected chi connectivity index (χ4v) is 2.72. The van der Waals surface area contributed by atoms with Crippen LogP contribution < -0.4 is 0 Å². The van der Waals surface area contributed by atoms with Gasteiger partial charge in [-0.25, -0.2) is 9.48 Å². The van der Waals surface area contributed by atoms with Gasteiger partial charge in [-0.05, 0) is 49.8 Å². The maximum atomic E-state index is 11.0. The monoisotopic (exact) mass is 257 g/mol. The van der Waals surface area contributed by atoms with Crippen LogP contribution in [-0.2, 0) is 12.8 Å². The van der Waals surface area contributed by atoms with Crippen molar-refractivity contribution < 1.29 is 9.90 Å². The molecule has 0 saturated heterocycles. The maximum Gasteiger partial charge on any atom is 0.358 e. The lowest BCUT2D eigenvalue weighted by molar-refractivity contribution is 0.0689. The summed E-state index contributed by atoms with van der Waals surface area (Å²) in [6.45, 7) is 1.74. The van der Waals surface area contributed by atoms with Crippen molar-refractivity contribution in [2.45, 2.75) is 32.6 Å². The largest absolute Gasteiger partial charge is 0.476 e. The Hall–Kier alpha value is -2.17. The number of nitrogens with zero attached hydrogens (tertiary/aromatic N) is 3. The van der Waals surface area contributed by atoms with E-state index in [9.17, 15) is 4.79 Å². The Balaban J connectivity index is 2.15. The van der Waals surface area contributed by atoms with Gasteiger partial charge in [0.05, 0.1) is 11.4 Å². The molecule has 2 aromatic rings. The fourth-order valence-electron chi connectivity index (χ4n) is 2.72. The number of carboxylic acid groups (broad SMARTS) is 1. The molecule has 1 aromatic carbocycles. The van der Waals surface area contributed by atoms with Crippen molar-refractivity contribution in [3.63, 3.8) is 0 Å². The second-order valence-corrected chi connectivity index (χ2v) is 4.86. The maximum absolute atomic E-state index is 11.0. The number of aryl methyl sites for hydroxylation is 1. The molecule has 98 valence electrons. The standard InChI is InChI=1S/C14H15N3O2/c1-9-13(14(18)19)15-16-17(9)12-8-4-6-10-5-2-3-7-11(10)12/h4,6,8H,2-3,5,7H2,1H3,(H,18,19). The second kappa shape index (κ2) is 4.50. The molecule has 1 aliphatic rings. The van der Waals surface area contributed by atoms with Gasteiger partial charge in [-0.1, -0.05) is 17.3 Å². The molecule has 0 bridgehead atoms. The van der Waals surface area contributed by atoms with Gasteiger partial charge in [0.1, 0.15) is 0 Å². The van der Waals surface area contributed by atoms with E-state index in [1.807, 2.05) is 12.1 Å². The number of hydrogen-bond acceptors (Lipinski definition) is 3.